The molecule has 2 nitrogen and oxygen atoms in total. The minimum absolute atomic E-state index is 0.505. The van der Waals surface area contributed by atoms with Crippen LogP contribution in [0.5, 0.6) is 5.75 Å². The summed E-state index contributed by atoms with van der Waals surface area (Å²) in [4.78, 5) is 2.08. The molecule has 1 N–H and O–H groups in total. The molecule has 1 saturated carbocycles. The van der Waals surface area contributed by atoms with Crippen LogP contribution in [0.4, 0.5) is 8.78 Å². The Bertz CT molecular complexity index is 393. The second-order valence-electron chi connectivity index (χ2n) is 5.26. The van der Waals surface area contributed by atoms with E-state index in [1.54, 1.807) is 0 Å². The van der Waals surface area contributed by atoms with E-state index < -0.39 is 17.4 Å². The van der Waals surface area contributed by atoms with Gasteiger partial charge in [0.05, 0.1) is 0 Å². The van der Waals surface area contributed by atoms with Gasteiger partial charge >= 0.3 is 0 Å². The van der Waals surface area contributed by atoms with Gasteiger partial charge < -0.3 is 10.0 Å². The Labute approximate surface area is 106 Å². The van der Waals surface area contributed by atoms with Gasteiger partial charge in [-0.25, -0.2) is 8.78 Å². The van der Waals surface area contributed by atoms with Gasteiger partial charge in [0.1, 0.15) is 0 Å². The van der Waals surface area contributed by atoms with Crippen LogP contribution in [0.2, 0.25) is 0 Å². The quantitative estimate of drug-likeness (QED) is 0.892. The summed E-state index contributed by atoms with van der Waals surface area (Å²) in [6.07, 6.45) is 5.09. The van der Waals surface area contributed by atoms with Crippen molar-refractivity contribution in [3.05, 3.63) is 29.3 Å². The number of hydrogen-bond acceptors (Lipinski definition) is 2. The number of aromatic hydroxyl groups is 1. The summed E-state index contributed by atoms with van der Waals surface area (Å²) in [6.45, 7) is 1.47. The van der Waals surface area contributed by atoms with Crippen LogP contribution >= 0.6 is 0 Å². The average Bonchev–Trinajstić information content (AvgIpc) is 2.78. The molecule has 18 heavy (non-hydrogen) atoms. The van der Waals surface area contributed by atoms with Crippen LogP contribution in [-0.4, -0.2) is 23.6 Å². The van der Waals surface area contributed by atoms with Gasteiger partial charge in [0.25, 0.3) is 0 Å². The highest BCUT2D eigenvalue weighted by Crippen LogP contribution is 2.26. The van der Waals surface area contributed by atoms with Crippen molar-refractivity contribution in [2.24, 2.45) is 5.92 Å². The maximum atomic E-state index is 13.2. The van der Waals surface area contributed by atoms with E-state index in [0.717, 1.165) is 6.54 Å². The Morgan fingerprint density at radius 3 is 2.33 bits per heavy atom. The van der Waals surface area contributed by atoms with Gasteiger partial charge in [-0.05, 0) is 43.5 Å². The Morgan fingerprint density at radius 1 is 1.22 bits per heavy atom. The van der Waals surface area contributed by atoms with E-state index in [2.05, 4.69) is 4.90 Å². The Morgan fingerprint density at radius 2 is 1.78 bits per heavy atom. The molecule has 100 valence electrons. The highest BCUT2D eigenvalue weighted by atomic mass is 19.1. The van der Waals surface area contributed by atoms with E-state index in [1.807, 2.05) is 7.05 Å². The fraction of sp³-hybridized carbons (Fsp3) is 0.571. The third-order valence-corrected chi connectivity index (χ3v) is 3.57. The summed E-state index contributed by atoms with van der Waals surface area (Å²) in [7, 11) is 1.96. The topological polar surface area (TPSA) is 23.5 Å². The number of nitrogens with zero attached hydrogens (tertiary/aromatic N) is 1. The van der Waals surface area contributed by atoms with Crippen LogP contribution in [0.15, 0.2) is 12.1 Å². The van der Waals surface area contributed by atoms with Crippen molar-refractivity contribution in [3.63, 3.8) is 0 Å². The van der Waals surface area contributed by atoms with Crippen LogP contribution in [0.1, 0.15) is 31.2 Å². The molecular weight excluding hydrogens is 236 g/mol. The molecule has 1 aliphatic carbocycles. The zero-order chi connectivity index (χ0) is 13.1. The second-order valence-corrected chi connectivity index (χ2v) is 5.26. The lowest BCUT2D eigenvalue weighted by Gasteiger charge is -2.20. The third kappa shape index (κ3) is 3.19. The summed E-state index contributed by atoms with van der Waals surface area (Å²) in [5.41, 5.74) is 0.559. The molecule has 4 heteroatoms. The van der Waals surface area contributed by atoms with Crippen molar-refractivity contribution in [2.75, 3.05) is 13.6 Å². The maximum Gasteiger partial charge on any atom is 0.187 e. The van der Waals surface area contributed by atoms with Crippen LogP contribution in [0, 0.1) is 17.6 Å². The first kappa shape index (κ1) is 13.3. The fourth-order valence-corrected chi connectivity index (χ4v) is 2.72. The second kappa shape index (κ2) is 5.65. The molecule has 0 heterocycles. The highest BCUT2D eigenvalue weighted by Gasteiger charge is 2.17. The first-order valence-corrected chi connectivity index (χ1v) is 6.41. The molecule has 0 saturated heterocycles. The summed E-state index contributed by atoms with van der Waals surface area (Å²) in [5.74, 6) is -1.96. The molecule has 0 amide bonds. The molecular formula is C14H19F2NO. The summed E-state index contributed by atoms with van der Waals surface area (Å²) >= 11 is 0. The predicted molar refractivity (Wildman–Crippen MR) is 66.3 cm³/mol. The monoisotopic (exact) mass is 255 g/mol. The molecule has 1 aliphatic rings. The molecule has 0 aromatic heterocycles. The van der Waals surface area contributed by atoms with E-state index >= 15 is 0 Å². The SMILES string of the molecule is CN(Cc1cc(F)c(O)c(F)c1)CC1CCCC1. The van der Waals surface area contributed by atoms with Crippen molar-refractivity contribution in [2.45, 2.75) is 32.2 Å². The molecule has 0 unspecified atom stereocenters. The van der Waals surface area contributed by atoms with Crippen molar-refractivity contribution in [1.82, 2.24) is 4.90 Å². The molecule has 0 radical (unpaired) electrons. The number of benzene rings is 1. The number of rotatable bonds is 4. The first-order chi connectivity index (χ1) is 8.56. The van der Waals surface area contributed by atoms with Crippen molar-refractivity contribution < 1.29 is 13.9 Å². The molecule has 2 rings (SSSR count). The lowest BCUT2D eigenvalue weighted by atomic mass is 10.1. The van der Waals surface area contributed by atoms with Gasteiger partial charge in [-0.2, -0.15) is 0 Å². The molecule has 0 aliphatic heterocycles. The number of phenols is 1. The number of halogens is 2. The van der Waals surface area contributed by atoms with E-state index in [-0.39, 0.29) is 0 Å². The van der Waals surface area contributed by atoms with E-state index in [9.17, 15) is 8.78 Å². The van der Waals surface area contributed by atoms with Gasteiger partial charge in [-0.3, -0.25) is 0 Å². The van der Waals surface area contributed by atoms with Gasteiger partial charge in [-0.1, -0.05) is 12.8 Å². The average molecular weight is 255 g/mol. The lowest BCUT2D eigenvalue weighted by Crippen LogP contribution is -2.24. The fourth-order valence-electron chi connectivity index (χ4n) is 2.72. The summed E-state index contributed by atoms with van der Waals surface area (Å²) in [6, 6.07) is 2.40. The number of phenolic OH excluding ortho intramolecular Hbond substituents is 1. The van der Waals surface area contributed by atoms with Crippen molar-refractivity contribution in [3.8, 4) is 5.75 Å². The van der Waals surface area contributed by atoms with Crippen LogP contribution in [0.25, 0.3) is 0 Å². The van der Waals surface area contributed by atoms with Crippen molar-refractivity contribution in [1.29, 1.82) is 0 Å². The first-order valence-electron chi connectivity index (χ1n) is 6.41. The Balaban J connectivity index is 1.95. The van der Waals surface area contributed by atoms with Crippen LogP contribution in [0.3, 0.4) is 0 Å². The Hall–Kier alpha value is -1.16. The molecule has 0 bridgehead atoms. The summed E-state index contributed by atoms with van der Waals surface area (Å²) < 4.78 is 26.4. The predicted octanol–water partition coefficient (Wildman–Crippen LogP) is 3.29. The van der Waals surface area contributed by atoms with Crippen LogP contribution in [-0.2, 0) is 6.54 Å². The lowest BCUT2D eigenvalue weighted by molar-refractivity contribution is 0.270. The molecule has 0 atom stereocenters. The molecule has 1 aromatic carbocycles. The van der Waals surface area contributed by atoms with Gasteiger partial charge in [-0.15, -0.1) is 0 Å². The van der Waals surface area contributed by atoms with E-state index in [4.69, 9.17) is 5.11 Å². The minimum Gasteiger partial charge on any atom is -0.503 e. The van der Waals surface area contributed by atoms with E-state index in [1.165, 1.54) is 37.8 Å². The maximum absolute atomic E-state index is 13.2. The van der Waals surface area contributed by atoms with Crippen LogP contribution < -0.4 is 0 Å². The van der Waals surface area contributed by atoms with Gasteiger partial charge in [0, 0.05) is 13.1 Å². The van der Waals surface area contributed by atoms with Gasteiger partial charge in [0.15, 0.2) is 17.4 Å². The smallest absolute Gasteiger partial charge is 0.187 e. The highest BCUT2D eigenvalue weighted by molar-refractivity contribution is 5.29. The normalized spacial score (nSPS) is 16.7. The molecule has 0 spiro atoms. The summed E-state index contributed by atoms with van der Waals surface area (Å²) in [5, 5.41) is 9.03. The zero-order valence-corrected chi connectivity index (χ0v) is 10.6. The van der Waals surface area contributed by atoms with E-state index in [0.29, 0.717) is 18.0 Å². The Kier molecular flexibility index (Phi) is 4.17. The van der Waals surface area contributed by atoms with Crippen molar-refractivity contribution >= 4 is 0 Å². The largest absolute Gasteiger partial charge is 0.503 e. The molecule has 1 fully saturated rings. The standard InChI is InChI=1S/C14H19F2NO/c1-17(8-10-4-2-3-5-10)9-11-6-12(15)14(18)13(16)7-11/h6-7,10,18H,2-5,8-9H2,1H3. The van der Waals surface area contributed by atoms with Gasteiger partial charge in [0.2, 0.25) is 0 Å². The number of hydrogen-bond donors (Lipinski definition) is 1. The zero-order valence-electron chi connectivity index (χ0n) is 10.6. The third-order valence-electron chi connectivity index (χ3n) is 3.57. The molecule has 1 aromatic rings. The minimum atomic E-state index is -0.891.